The fraction of sp³-hybridized carbons (Fsp3) is 0.438. The zero-order chi connectivity index (χ0) is 17.6. The maximum Gasteiger partial charge on any atom is 0.417 e. The van der Waals surface area contributed by atoms with Crippen LogP contribution in [0.25, 0.3) is 0 Å². The Bertz CT molecular complexity index is 764. The molecule has 9 heteroatoms. The third-order valence-electron chi connectivity index (χ3n) is 4.87. The normalized spacial score (nSPS) is 23.2. The molecule has 0 aliphatic carbocycles. The summed E-state index contributed by atoms with van der Waals surface area (Å²) in [6, 6.07) is 2.49. The van der Waals surface area contributed by atoms with Gasteiger partial charge in [-0.3, -0.25) is 0 Å². The average molecular weight is 353 g/mol. The van der Waals surface area contributed by atoms with Gasteiger partial charge >= 0.3 is 6.18 Å². The maximum absolute atomic E-state index is 14.0. The number of fused-ring (bicyclic) bond motifs is 1. The molecule has 0 saturated carbocycles. The zero-order valence-electron chi connectivity index (χ0n) is 13.1. The van der Waals surface area contributed by atoms with E-state index in [2.05, 4.69) is 15.0 Å². The summed E-state index contributed by atoms with van der Waals surface area (Å²) in [7, 11) is 0. The summed E-state index contributed by atoms with van der Waals surface area (Å²) >= 11 is 0. The monoisotopic (exact) mass is 353 g/mol. The molecule has 4 heterocycles. The Labute approximate surface area is 141 Å². The lowest BCUT2D eigenvalue weighted by atomic mass is 10.1. The number of aromatic nitrogens is 3. The van der Waals surface area contributed by atoms with Crippen LogP contribution in [0.5, 0.6) is 0 Å². The van der Waals surface area contributed by atoms with Crippen LogP contribution in [0.15, 0.2) is 30.9 Å². The number of nitrogens with zero attached hydrogens (tertiary/aromatic N) is 5. The third kappa shape index (κ3) is 2.87. The van der Waals surface area contributed by atoms with E-state index in [4.69, 9.17) is 0 Å². The highest BCUT2D eigenvalue weighted by atomic mass is 19.4. The highest BCUT2D eigenvalue weighted by Crippen LogP contribution is 2.37. The minimum atomic E-state index is -4.39. The molecule has 2 fully saturated rings. The van der Waals surface area contributed by atoms with Crippen molar-refractivity contribution in [2.45, 2.75) is 18.6 Å². The number of pyridine rings is 1. The van der Waals surface area contributed by atoms with E-state index in [0.29, 0.717) is 31.4 Å². The van der Waals surface area contributed by atoms with Crippen molar-refractivity contribution in [1.82, 2.24) is 15.0 Å². The number of alkyl halides is 3. The van der Waals surface area contributed by atoms with Gasteiger partial charge in [0.1, 0.15) is 12.1 Å². The fourth-order valence-corrected chi connectivity index (χ4v) is 3.67. The lowest BCUT2D eigenvalue weighted by molar-refractivity contribution is -0.137. The van der Waals surface area contributed by atoms with Crippen molar-refractivity contribution in [3.05, 3.63) is 42.2 Å². The second kappa shape index (κ2) is 5.82. The first kappa shape index (κ1) is 16.0. The molecular formula is C16H15F4N5. The van der Waals surface area contributed by atoms with Gasteiger partial charge in [0, 0.05) is 31.7 Å². The Morgan fingerprint density at radius 3 is 2.60 bits per heavy atom. The largest absolute Gasteiger partial charge is 0.417 e. The van der Waals surface area contributed by atoms with Crippen LogP contribution in [0, 0.1) is 11.7 Å². The molecule has 0 spiro atoms. The van der Waals surface area contributed by atoms with Crippen molar-refractivity contribution < 1.29 is 17.6 Å². The highest BCUT2D eigenvalue weighted by molar-refractivity contribution is 5.48. The van der Waals surface area contributed by atoms with E-state index in [1.807, 2.05) is 9.80 Å². The number of anilines is 2. The number of hydrogen-bond donors (Lipinski definition) is 0. The first-order valence-corrected chi connectivity index (χ1v) is 7.94. The van der Waals surface area contributed by atoms with E-state index in [1.165, 1.54) is 12.4 Å². The summed E-state index contributed by atoms with van der Waals surface area (Å²) < 4.78 is 51.9. The third-order valence-corrected chi connectivity index (χ3v) is 4.87. The first-order valence-electron chi connectivity index (χ1n) is 7.94. The van der Waals surface area contributed by atoms with Crippen LogP contribution >= 0.6 is 0 Å². The minimum absolute atomic E-state index is 0.0634. The maximum atomic E-state index is 14.0. The second-order valence-electron chi connectivity index (χ2n) is 6.31. The van der Waals surface area contributed by atoms with Crippen molar-refractivity contribution in [3.63, 3.8) is 0 Å². The molecule has 0 bridgehead atoms. The molecule has 2 aliphatic heterocycles. The van der Waals surface area contributed by atoms with E-state index in [9.17, 15) is 17.6 Å². The smallest absolute Gasteiger partial charge is 0.354 e. The molecule has 0 radical (unpaired) electrons. The van der Waals surface area contributed by atoms with Gasteiger partial charge in [0.2, 0.25) is 0 Å². The Hall–Kier alpha value is -2.45. The van der Waals surface area contributed by atoms with Crippen molar-refractivity contribution in [2.75, 3.05) is 29.4 Å². The molecule has 2 atom stereocenters. The summed E-state index contributed by atoms with van der Waals surface area (Å²) in [5.41, 5.74) is -0.764. The Balaban J connectivity index is 1.52. The molecule has 2 unspecified atom stereocenters. The molecule has 2 aromatic heterocycles. The van der Waals surface area contributed by atoms with Gasteiger partial charge < -0.3 is 9.80 Å². The van der Waals surface area contributed by atoms with Gasteiger partial charge in [-0.25, -0.2) is 19.3 Å². The van der Waals surface area contributed by atoms with E-state index < -0.39 is 17.6 Å². The van der Waals surface area contributed by atoms with Crippen LogP contribution in [-0.4, -0.2) is 40.6 Å². The van der Waals surface area contributed by atoms with Crippen molar-refractivity contribution in [2.24, 2.45) is 5.92 Å². The van der Waals surface area contributed by atoms with E-state index in [0.717, 1.165) is 24.9 Å². The molecule has 2 aliphatic rings. The van der Waals surface area contributed by atoms with Crippen molar-refractivity contribution >= 4 is 11.6 Å². The molecule has 0 amide bonds. The molecule has 132 valence electrons. The SMILES string of the molecule is Fc1cncnc1N1CCC2CN(c3ccc(C(F)(F)F)cn3)CC21. The molecule has 2 saturated heterocycles. The summed E-state index contributed by atoms with van der Waals surface area (Å²) in [6.07, 6.45) is -0.208. The standard InChI is InChI=1S/C16H15F4N5/c17-12-6-21-9-23-15(12)25-4-3-10-7-24(8-13(10)25)14-2-1-11(5-22-14)16(18,19)20/h1-2,5-6,9-10,13H,3-4,7-8H2. The Kier molecular flexibility index (Phi) is 3.73. The Morgan fingerprint density at radius 1 is 1.08 bits per heavy atom. The van der Waals surface area contributed by atoms with Crippen LogP contribution < -0.4 is 9.80 Å². The van der Waals surface area contributed by atoms with E-state index in [1.54, 1.807) is 0 Å². The summed E-state index contributed by atoms with van der Waals surface area (Å²) in [6.45, 7) is 1.97. The summed E-state index contributed by atoms with van der Waals surface area (Å²) in [5, 5.41) is 0. The fourth-order valence-electron chi connectivity index (χ4n) is 3.67. The Morgan fingerprint density at radius 2 is 1.92 bits per heavy atom. The van der Waals surface area contributed by atoms with Crippen LogP contribution in [-0.2, 0) is 6.18 Å². The van der Waals surface area contributed by atoms with Crippen molar-refractivity contribution in [3.8, 4) is 0 Å². The van der Waals surface area contributed by atoms with Crippen LogP contribution in [0.1, 0.15) is 12.0 Å². The van der Waals surface area contributed by atoms with Gasteiger partial charge in [0.25, 0.3) is 0 Å². The highest BCUT2D eigenvalue weighted by Gasteiger charge is 2.43. The van der Waals surface area contributed by atoms with Gasteiger partial charge in [-0.2, -0.15) is 13.2 Å². The molecule has 2 aromatic rings. The minimum Gasteiger partial charge on any atom is -0.354 e. The molecule has 25 heavy (non-hydrogen) atoms. The van der Waals surface area contributed by atoms with Crippen molar-refractivity contribution in [1.29, 1.82) is 0 Å². The summed E-state index contributed by atoms with van der Waals surface area (Å²) in [4.78, 5) is 15.5. The van der Waals surface area contributed by atoms with Gasteiger partial charge in [0.05, 0.1) is 17.8 Å². The van der Waals surface area contributed by atoms with Gasteiger partial charge in [-0.1, -0.05) is 0 Å². The van der Waals surface area contributed by atoms with Gasteiger partial charge in [-0.05, 0) is 18.6 Å². The molecule has 4 rings (SSSR count). The number of rotatable bonds is 2. The predicted molar refractivity (Wildman–Crippen MR) is 82.7 cm³/mol. The lowest BCUT2D eigenvalue weighted by Gasteiger charge is -2.26. The second-order valence-corrected chi connectivity index (χ2v) is 6.31. The summed E-state index contributed by atoms with van der Waals surface area (Å²) in [5.74, 6) is 0.628. The first-order chi connectivity index (χ1) is 11.9. The molecule has 0 N–H and O–H groups in total. The van der Waals surface area contributed by atoms with Crippen LogP contribution in [0.4, 0.5) is 29.2 Å². The molecule has 0 aromatic carbocycles. The van der Waals surface area contributed by atoms with E-state index >= 15 is 0 Å². The number of halogens is 4. The topological polar surface area (TPSA) is 45.2 Å². The van der Waals surface area contributed by atoms with Gasteiger partial charge in [0.15, 0.2) is 11.6 Å². The zero-order valence-corrected chi connectivity index (χ0v) is 13.1. The lowest BCUT2D eigenvalue weighted by Crippen LogP contribution is -2.36. The quantitative estimate of drug-likeness (QED) is 0.777. The molecule has 5 nitrogen and oxygen atoms in total. The van der Waals surface area contributed by atoms with Crippen LogP contribution in [0.3, 0.4) is 0 Å². The predicted octanol–water partition coefficient (Wildman–Crippen LogP) is 2.74. The van der Waals surface area contributed by atoms with E-state index in [-0.39, 0.29) is 11.9 Å². The average Bonchev–Trinajstić information content (AvgIpc) is 3.15. The number of hydrogen-bond acceptors (Lipinski definition) is 5. The van der Waals surface area contributed by atoms with Gasteiger partial charge in [-0.15, -0.1) is 0 Å². The van der Waals surface area contributed by atoms with Crippen LogP contribution in [0.2, 0.25) is 0 Å². The molecular weight excluding hydrogens is 338 g/mol.